The third-order valence-corrected chi connectivity index (χ3v) is 5.97. The maximum atomic E-state index is 12.9. The lowest BCUT2D eigenvalue weighted by atomic mass is 10.0. The average molecular weight is 470 g/mol. The van der Waals surface area contributed by atoms with Crippen molar-refractivity contribution in [2.24, 2.45) is 5.92 Å². The average Bonchev–Trinajstić information content (AvgIpc) is 3.49. The molecule has 0 bridgehead atoms. The number of nitrogens with one attached hydrogen (secondary N) is 1. The van der Waals surface area contributed by atoms with Crippen molar-refractivity contribution in [2.45, 2.75) is 19.4 Å². The summed E-state index contributed by atoms with van der Waals surface area (Å²) in [7, 11) is 3.01. The normalized spacial score (nSPS) is 16.5. The van der Waals surface area contributed by atoms with Gasteiger partial charge >= 0.3 is 0 Å². The van der Waals surface area contributed by atoms with Crippen molar-refractivity contribution in [3.63, 3.8) is 0 Å². The molecule has 1 aromatic heterocycles. The summed E-state index contributed by atoms with van der Waals surface area (Å²) in [5.74, 6) is 0.0603. The van der Waals surface area contributed by atoms with E-state index in [2.05, 4.69) is 15.4 Å². The molecule has 0 unspecified atom stereocenters. The Hall–Kier alpha value is -3.59. The molecule has 2 heterocycles. The van der Waals surface area contributed by atoms with Crippen LogP contribution < -0.4 is 19.7 Å². The van der Waals surface area contributed by atoms with Crippen LogP contribution in [0.2, 0.25) is 5.02 Å². The van der Waals surface area contributed by atoms with Gasteiger partial charge in [0.25, 0.3) is 0 Å². The smallest absolute Gasteiger partial charge is 0.227 e. The van der Waals surface area contributed by atoms with E-state index in [4.69, 9.17) is 21.1 Å². The molecule has 1 fully saturated rings. The predicted molar refractivity (Wildman–Crippen MR) is 123 cm³/mol. The van der Waals surface area contributed by atoms with E-state index in [1.54, 1.807) is 23.1 Å². The summed E-state index contributed by atoms with van der Waals surface area (Å²) in [6.45, 7) is 2.14. The van der Waals surface area contributed by atoms with E-state index >= 15 is 0 Å². The van der Waals surface area contributed by atoms with Crippen molar-refractivity contribution in [1.29, 1.82) is 0 Å². The molecule has 4 rings (SSSR count). The van der Waals surface area contributed by atoms with Crippen molar-refractivity contribution in [3.8, 4) is 17.2 Å². The molecule has 3 aromatic rings. The Bertz CT molecular complexity index is 1150. The SMILES string of the molecule is COc1cc(OC)c(N2C[C@H](C(=O)N[C@H](C)c3ccc(-n4cncn4)cc3)CC2=O)cc1Cl. The minimum absolute atomic E-state index is 0.108. The molecule has 1 saturated heterocycles. The predicted octanol–water partition coefficient (Wildman–Crippen LogP) is 3.17. The summed E-state index contributed by atoms with van der Waals surface area (Å²) in [5.41, 5.74) is 2.33. The van der Waals surface area contributed by atoms with Crippen molar-refractivity contribution in [2.75, 3.05) is 25.7 Å². The summed E-state index contributed by atoms with van der Waals surface area (Å²) in [6, 6.07) is 10.7. The number of rotatable bonds is 7. The highest BCUT2D eigenvalue weighted by molar-refractivity contribution is 6.32. The molecule has 2 aromatic carbocycles. The third-order valence-electron chi connectivity index (χ3n) is 5.68. The van der Waals surface area contributed by atoms with Gasteiger partial charge in [-0.25, -0.2) is 9.67 Å². The topological polar surface area (TPSA) is 98.6 Å². The molecule has 10 heteroatoms. The number of aromatic nitrogens is 3. The van der Waals surface area contributed by atoms with Crippen LogP contribution in [0.3, 0.4) is 0 Å². The monoisotopic (exact) mass is 469 g/mol. The maximum absolute atomic E-state index is 12.9. The van der Waals surface area contributed by atoms with Crippen molar-refractivity contribution in [1.82, 2.24) is 20.1 Å². The lowest BCUT2D eigenvalue weighted by Gasteiger charge is -2.21. The van der Waals surface area contributed by atoms with Gasteiger partial charge in [0.05, 0.1) is 42.6 Å². The first kappa shape index (κ1) is 22.6. The molecule has 2 amide bonds. The summed E-state index contributed by atoms with van der Waals surface area (Å²) >= 11 is 6.26. The van der Waals surface area contributed by atoms with E-state index in [1.165, 1.54) is 25.4 Å². The molecule has 1 aliphatic heterocycles. The zero-order valence-electron chi connectivity index (χ0n) is 18.5. The summed E-state index contributed by atoms with van der Waals surface area (Å²) in [5, 5.41) is 7.47. The first-order chi connectivity index (χ1) is 15.9. The first-order valence-electron chi connectivity index (χ1n) is 10.4. The number of hydrogen-bond donors (Lipinski definition) is 1. The van der Waals surface area contributed by atoms with E-state index in [-0.39, 0.29) is 30.8 Å². The lowest BCUT2D eigenvalue weighted by molar-refractivity contribution is -0.126. The van der Waals surface area contributed by atoms with Crippen LogP contribution in [0, 0.1) is 5.92 Å². The van der Waals surface area contributed by atoms with Crippen LogP contribution in [0.15, 0.2) is 49.1 Å². The van der Waals surface area contributed by atoms with Gasteiger partial charge in [-0.05, 0) is 30.7 Å². The van der Waals surface area contributed by atoms with Gasteiger partial charge < -0.3 is 19.7 Å². The molecular formula is C23H24ClN5O4. The third kappa shape index (κ3) is 4.63. The highest BCUT2D eigenvalue weighted by Gasteiger charge is 2.37. The summed E-state index contributed by atoms with van der Waals surface area (Å²) < 4.78 is 12.3. The highest BCUT2D eigenvalue weighted by atomic mass is 35.5. The van der Waals surface area contributed by atoms with E-state index < -0.39 is 5.92 Å². The van der Waals surface area contributed by atoms with Crippen LogP contribution in [0.4, 0.5) is 5.69 Å². The number of methoxy groups -OCH3 is 2. The number of carbonyl (C=O) groups is 2. The summed E-state index contributed by atoms with van der Waals surface area (Å²) in [6.07, 6.45) is 3.20. The van der Waals surface area contributed by atoms with Crippen molar-refractivity contribution < 1.29 is 19.1 Å². The van der Waals surface area contributed by atoms with Gasteiger partial charge in [-0.1, -0.05) is 23.7 Å². The Kier molecular flexibility index (Phi) is 6.50. The van der Waals surface area contributed by atoms with Crippen LogP contribution in [-0.4, -0.2) is 47.3 Å². The van der Waals surface area contributed by atoms with Crippen molar-refractivity contribution in [3.05, 3.63) is 59.6 Å². The molecule has 33 heavy (non-hydrogen) atoms. The van der Waals surface area contributed by atoms with Crippen LogP contribution in [-0.2, 0) is 9.59 Å². The number of nitrogens with zero attached hydrogens (tertiary/aromatic N) is 4. The molecule has 172 valence electrons. The van der Waals surface area contributed by atoms with E-state index in [0.29, 0.717) is 22.2 Å². The Morgan fingerprint density at radius 1 is 1.18 bits per heavy atom. The fourth-order valence-electron chi connectivity index (χ4n) is 3.84. The summed E-state index contributed by atoms with van der Waals surface area (Å²) in [4.78, 5) is 31.1. The van der Waals surface area contributed by atoms with Gasteiger partial charge in [-0.3, -0.25) is 9.59 Å². The Morgan fingerprint density at radius 2 is 1.91 bits per heavy atom. The van der Waals surface area contributed by atoms with Gasteiger partial charge in [-0.2, -0.15) is 5.10 Å². The number of amides is 2. The second-order valence-corrected chi connectivity index (χ2v) is 8.13. The van der Waals surface area contributed by atoms with Crippen molar-refractivity contribution >= 4 is 29.1 Å². The zero-order valence-corrected chi connectivity index (χ0v) is 19.2. The Balaban J connectivity index is 1.44. The van der Waals surface area contributed by atoms with Gasteiger partial charge in [0.15, 0.2) is 0 Å². The second kappa shape index (κ2) is 9.50. The molecule has 1 aliphatic rings. The minimum Gasteiger partial charge on any atom is -0.495 e. The molecule has 0 saturated carbocycles. The second-order valence-electron chi connectivity index (χ2n) is 7.73. The standard InChI is InChI=1S/C23H24ClN5O4/c1-14(15-4-6-17(7-5-15)29-13-25-12-26-29)27-23(31)16-8-22(30)28(11-16)19-9-18(24)20(32-2)10-21(19)33-3/h4-7,9-10,12-14,16H,8,11H2,1-3H3,(H,27,31)/t14-,16-/m1/s1. The highest BCUT2D eigenvalue weighted by Crippen LogP contribution is 2.40. The van der Waals surface area contributed by atoms with Crippen LogP contribution in [0.1, 0.15) is 24.9 Å². The Morgan fingerprint density at radius 3 is 2.55 bits per heavy atom. The fourth-order valence-corrected chi connectivity index (χ4v) is 4.08. The molecule has 2 atom stereocenters. The fraction of sp³-hybridized carbons (Fsp3) is 0.304. The number of ether oxygens (including phenoxy) is 2. The molecular weight excluding hydrogens is 446 g/mol. The number of carbonyl (C=O) groups excluding carboxylic acids is 2. The van der Waals surface area contributed by atoms with Crippen LogP contribution in [0.25, 0.3) is 5.69 Å². The maximum Gasteiger partial charge on any atom is 0.227 e. The Labute approximate surface area is 196 Å². The lowest BCUT2D eigenvalue weighted by Crippen LogP contribution is -2.34. The van der Waals surface area contributed by atoms with E-state index in [9.17, 15) is 9.59 Å². The van der Waals surface area contributed by atoms with Gasteiger partial charge in [0, 0.05) is 19.0 Å². The molecule has 0 aliphatic carbocycles. The van der Waals surface area contributed by atoms with Gasteiger partial charge in [0.1, 0.15) is 24.2 Å². The largest absolute Gasteiger partial charge is 0.495 e. The van der Waals surface area contributed by atoms with Crippen LogP contribution >= 0.6 is 11.6 Å². The van der Waals surface area contributed by atoms with E-state index in [1.807, 2.05) is 31.2 Å². The van der Waals surface area contributed by atoms with E-state index in [0.717, 1.165) is 11.3 Å². The molecule has 9 nitrogen and oxygen atoms in total. The van der Waals surface area contributed by atoms with Gasteiger partial charge in [0.2, 0.25) is 11.8 Å². The first-order valence-corrected chi connectivity index (χ1v) is 10.8. The molecule has 0 spiro atoms. The quantitative estimate of drug-likeness (QED) is 0.570. The molecule has 1 N–H and O–H groups in total. The van der Waals surface area contributed by atoms with Crippen LogP contribution in [0.5, 0.6) is 11.5 Å². The zero-order chi connectivity index (χ0) is 23.5. The number of benzene rings is 2. The number of anilines is 1. The number of hydrogen-bond acceptors (Lipinski definition) is 6. The minimum atomic E-state index is -0.486. The molecule has 0 radical (unpaired) electrons. The van der Waals surface area contributed by atoms with Gasteiger partial charge in [-0.15, -0.1) is 0 Å². The number of halogens is 1.